The number of nitrogens with one attached hydrogen (secondary N) is 1. The summed E-state index contributed by atoms with van der Waals surface area (Å²) in [5.41, 5.74) is -0.950. The number of rotatable bonds is 8. The normalized spacial score (nSPS) is 15.0. The van der Waals surface area contributed by atoms with Crippen molar-refractivity contribution in [2.75, 3.05) is 13.1 Å². The van der Waals surface area contributed by atoms with Crippen LogP contribution in [0.2, 0.25) is 18.6 Å². The van der Waals surface area contributed by atoms with Gasteiger partial charge in [0.15, 0.2) is 0 Å². The molecule has 0 saturated heterocycles. The Morgan fingerprint density at radius 2 is 2.07 bits per heavy atom. The predicted octanol–water partition coefficient (Wildman–Crippen LogP) is -0.349. The first kappa shape index (κ1) is 14.5. The monoisotopic (exact) mass is 324 g/mol. The molecule has 0 bridgehead atoms. The van der Waals surface area contributed by atoms with Gasteiger partial charge >= 0.3 is 100 Å². The van der Waals surface area contributed by atoms with Crippen LogP contribution < -0.4 is 25.7 Å². The van der Waals surface area contributed by atoms with Crippen molar-refractivity contribution in [3.63, 3.8) is 0 Å². The summed E-state index contributed by atoms with van der Waals surface area (Å²) < 4.78 is 2.96. The van der Waals surface area contributed by atoms with Crippen molar-refractivity contribution in [2.45, 2.75) is 45.3 Å². The van der Waals surface area contributed by atoms with Gasteiger partial charge in [-0.3, -0.25) is 0 Å². The molecule has 0 rings (SSSR count). The number of terminal acetylenes is 1. The molecule has 0 aromatic rings. The third-order valence-electron chi connectivity index (χ3n) is 2.50. The van der Waals surface area contributed by atoms with Crippen molar-refractivity contribution in [1.82, 2.24) is 5.32 Å². The molecule has 1 N–H and O–H groups in total. The van der Waals surface area contributed by atoms with Gasteiger partial charge in [0.2, 0.25) is 0 Å². The van der Waals surface area contributed by atoms with E-state index in [1.165, 1.54) is 31.5 Å². The molecule has 3 heteroatoms. The fraction of sp³-hybridized carbons (Fsp3) is 0.818. The Hall–Kier alpha value is 0.467. The first-order valence-electron chi connectivity index (χ1n) is 5.50. The minimum atomic E-state index is -0.950. The van der Waals surface area contributed by atoms with Gasteiger partial charge in [-0.1, -0.05) is 0 Å². The SMILES string of the molecule is C#C[I-][Si](C)(CC)CCCNCCC. The molecule has 0 spiro atoms. The second-order valence-corrected chi connectivity index (χ2v) is 18.1. The van der Waals surface area contributed by atoms with Crippen LogP contribution in [0.15, 0.2) is 0 Å². The number of halogens is 1. The molecular weight excluding hydrogens is 301 g/mol. The number of hydrogen-bond donors (Lipinski definition) is 1. The molecule has 84 valence electrons. The molecule has 1 atom stereocenters. The molecule has 0 aromatic heterocycles. The van der Waals surface area contributed by atoms with Crippen LogP contribution in [-0.4, -0.2) is 18.7 Å². The van der Waals surface area contributed by atoms with Crippen LogP contribution in [0.5, 0.6) is 0 Å². The average molecular weight is 324 g/mol. The Labute approximate surface area is 99.8 Å². The maximum absolute atomic E-state index is 5.46. The van der Waals surface area contributed by atoms with Gasteiger partial charge < -0.3 is 0 Å². The molecule has 1 nitrogen and oxygen atoms in total. The van der Waals surface area contributed by atoms with E-state index in [0.717, 1.165) is 6.54 Å². The third-order valence-corrected chi connectivity index (χ3v) is 14.7. The Morgan fingerprint density at radius 3 is 2.57 bits per heavy atom. The van der Waals surface area contributed by atoms with Crippen LogP contribution >= 0.6 is 0 Å². The van der Waals surface area contributed by atoms with Crippen molar-refractivity contribution < 1.29 is 20.4 Å². The average Bonchev–Trinajstić information content (AvgIpc) is 2.18. The van der Waals surface area contributed by atoms with Crippen molar-refractivity contribution >= 4 is 5.57 Å². The van der Waals surface area contributed by atoms with Gasteiger partial charge in [0.05, 0.1) is 0 Å². The summed E-state index contributed by atoms with van der Waals surface area (Å²) in [5, 5.41) is 3.46. The van der Waals surface area contributed by atoms with E-state index in [4.69, 9.17) is 6.42 Å². The van der Waals surface area contributed by atoms with Crippen LogP contribution in [0.3, 0.4) is 0 Å². The molecule has 0 amide bonds. The van der Waals surface area contributed by atoms with Gasteiger partial charge in [-0.2, -0.15) is 0 Å². The molecule has 14 heavy (non-hydrogen) atoms. The van der Waals surface area contributed by atoms with Gasteiger partial charge in [0, 0.05) is 0 Å². The quantitative estimate of drug-likeness (QED) is 0.212. The summed E-state index contributed by atoms with van der Waals surface area (Å²) >= 11 is 0.0912. The summed E-state index contributed by atoms with van der Waals surface area (Å²) in [4.78, 5) is 0. The topological polar surface area (TPSA) is 12.0 Å². The summed E-state index contributed by atoms with van der Waals surface area (Å²) in [6.45, 7) is 9.36. The van der Waals surface area contributed by atoms with E-state index in [1.807, 2.05) is 0 Å². The molecule has 0 saturated carbocycles. The predicted molar refractivity (Wildman–Crippen MR) is 63.5 cm³/mol. The maximum atomic E-state index is 5.46. The van der Waals surface area contributed by atoms with Gasteiger partial charge in [-0.25, -0.2) is 0 Å². The Balaban J connectivity index is 3.57. The molecule has 0 aromatic carbocycles. The van der Waals surface area contributed by atoms with Gasteiger partial charge in [0.25, 0.3) is 0 Å². The summed E-state index contributed by atoms with van der Waals surface area (Å²) in [6, 6.07) is 2.80. The zero-order chi connectivity index (χ0) is 10.9. The van der Waals surface area contributed by atoms with Gasteiger partial charge in [0.1, 0.15) is 0 Å². The van der Waals surface area contributed by atoms with Crippen molar-refractivity contribution in [1.29, 1.82) is 0 Å². The fourth-order valence-corrected chi connectivity index (χ4v) is 8.42. The first-order valence-corrected chi connectivity index (χ1v) is 12.6. The van der Waals surface area contributed by atoms with Crippen LogP contribution in [0.1, 0.15) is 26.7 Å². The Morgan fingerprint density at radius 1 is 1.36 bits per heavy atom. The van der Waals surface area contributed by atoms with E-state index in [1.54, 1.807) is 0 Å². The van der Waals surface area contributed by atoms with E-state index in [0.29, 0.717) is 0 Å². The molecule has 0 aliphatic carbocycles. The van der Waals surface area contributed by atoms with Gasteiger partial charge in [-0.15, -0.1) is 0 Å². The van der Waals surface area contributed by atoms with Crippen LogP contribution in [0.25, 0.3) is 0 Å². The summed E-state index contributed by atoms with van der Waals surface area (Å²) in [6.07, 6.45) is 8.03. The van der Waals surface area contributed by atoms with Crippen LogP contribution in [-0.2, 0) is 0 Å². The molecule has 0 radical (unpaired) electrons. The van der Waals surface area contributed by atoms with E-state index >= 15 is 0 Å². The number of hydrogen-bond acceptors (Lipinski definition) is 1. The molecular formula is C11H23INSi-. The van der Waals surface area contributed by atoms with E-state index in [9.17, 15) is 0 Å². The molecule has 1 unspecified atom stereocenters. The van der Waals surface area contributed by atoms with Crippen molar-refractivity contribution in [3.8, 4) is 10.4 Å². The zero-order valence-electron chi connectivity index (χ0n) is 9.70. The second kappa shape index (κ2) is 8.75. The minimum absolute atomic E-state index is 0.0912. The third kappa shape index (κ3) is 6.85. The van der Waals surface area contributed by atoms with E-state index < -0.39 is 5.57 Å². The standard InChI is InChI=1S/C11H23INSi/c1-5-9-13-10-8-11-14(4,7-3)12-6-2/h2,13H,5,7-11H2,1,3-4H3/q-1. The van der Waals surface area contributed by atoms with E-state index in [2.05, 4.69) is 29.6 Å². The zero-order valence-corrected chi connectivity index (χ0v) is 12.9. The van der Waals surface area contributed by atoms with Gasteiger partial charge in [-0.05, 0) is 0 Å². The summed E-state index contributed by atoms with van der Waals surface area (Å²) in [5.74, 6) is 0. The summed E-state index contributed by atoms with van der Waals surface area (Å²) in [7, 11) is 0. The molecule has 0 aliphatic heterocycles. The Kier molecular flexibility index (Phi) is 9.04. The molecule has 0 heterocycles. The fourth-order valence-electron chi connectivity index (χ4n) is 1.31. The van der Waals surface area contributed by atoms with Crippen LogP contribution in [0.4, 0.5) is 0 Å². The van der Waals surface area contributed by atoms with E-state index in [-0.39, 0.29) is 20.4 Å². The molecule has 0 aliphatic rings. The van der Waals surface area contributed by atoms with Crippen LogP contribution in [0, 0.1) is 10.4 Å². The Bertz CT molecular complexity index is 179. The van der Waals surface area contributed by atoms with Crippen molar-refractivity contribution in [3.05, 3.63) is 0 Å². The van der Waals surface area contributed by atoms with Crippen molar-refractivity contribution in [2.24, 2.45) is 0 Å². The molecule has 0 fully saturated rings. The second-order valence-electron chi connectivity index (χ2n) is 3.82. The first-order chi connectivity index (χ1) is 6.68.